The summed E-state index contributed by atoms with van der Waals surface area (Å²) in [5, 5.41) is 12.4. The molecule has 0 aromatic heterocycles. The second-order valence-electron chi connectivity index (χ2n) is 5.94. The number of carboxylic acid groups (broad SMARTS) is 1. The molecule has 2 aliphatic rings. The van der Waals surface area contributed by atoms with Gasteiger partial charge in [0.15, 0.2) is 0 Å². The summed E-state index contributed by atoms with van der Waals surface area (Å²) in [6, 6.07) is 7.89. The number of rotatable bonds is 4. The van der Waals surface area contributed by atoms with E-state index >= 15 is 0 Å². The van der Waals surface area contributed by atoms with Crippen molar-refractivity contribution in [2.24, 2.45) is 5.92 Å². The first-order valence-electron chi connectivity index (χ1n) is 7.68. The fourth-order valence-corrected chi connectivity index (χ4v) is 3.03. The van der Waals surface area contributed by atoms with Gasteiger partial charge in [-0.05, 0) is 17.7 Å². The van der Waals surface area contributed by atoms with Gasteiger partial charge < -0.3 is 15.3 Å². The second kappa shape index (κ2) is 6.46. The number of amides is 1. The zero-order valence-corrected chi connectivity index (χ0v) is 12.5. The van der Waals surface area contributed by atoms with Crippen LogP contribution in [-0.4, -0.2) is 54.6 Å². The van der Waals surface area contributed by atoms with E-state index in [0.29, 0.717) is 0 Å². The third-order valence-corrected chi connectivity index (χ3v) is 4.34. The molecule has 0 saturated carbocycles. The van der Waals surface area contributed by atoms with Crippen LogP contribution in [0.5, 0.6) is 0 Å². The van der Waals surface area contributed by atoms with Crippen molar-refractivity contribution in [1.29, 1.82) is 0 Å². The average molecular weight is 303 g/mol. The number of hydrogen-bond donors (Lipinski definition) is 2. The lowest BCUT2D eigenvalue weighted by Gasteiger charge is -2.27. The molecule has 6 heteroatoms. The molecule has 0 bridgehead atoms. The number of carboxylic acids is 1. The zero-order chi connectivity index (χ0) is 15.5. The Morgan fingerprint density at radius 2 is 1.91 bits per heavy atom. The van der Waals surface area contributed by atoms with Crippen LogP contribution in [-0.2, 0) is 16.1 Å². The van der Waals surface area contributed by atoms with Gasteiger partial charge in [0.05, 0.1) is 5.92 Å². The third-order valence-electron chi connectivity index (χ3n) is 4.34. The highest BCUT2D eigenvalue weighted by Crippen LogP contribution is 2.25. The van der Waals surface area contributed by atoms with Gasteiger partial charge in [0.1, 0.15) is 0 Å². The van der Waals surface area contributed by atoms with Gasteiger partial charge in [-0.1, -0.05) is 12.1 Å². The summed E-state index contributed by atoms with van der Waals surface area (Å²) in [7, 11) is 0. The molecule has 0 aliphatic carbocycles. The summed E-state index contributed by atoms with van der Waals surface area (Å²) in [5.74, 6) is -1.60. The molecule has 2 heterocycles. The fourth-order valence-electron chi connectivity index (χ4n) is 3.03. The topological polar surface area (TPSA) is 72.9 Å². The molecule has 0 radical (unpaired) electrons. The lowest BCUT2D eigenvalue weighted by Crippen LogP contribution is -2.42. The molecule has 2 N–H and O–H groups in total. The maximum absolute atomic E-state index is 11.9. The van der Waals surface area contributed by atoms with Crippen molar-refractivity contribution in [3.63, 3.8) is 0 Å². The molecular weight excluding hydrogens is 282 g/mol. The Morgan fingerprint density at radius 1 is 1.23 bits per heavy atom. The number of carbonyl (C=O) groups is 2. The van der Waals surface area contributed by atoms with Gasteiger partial charge in [-0.15, -0.1) is 0 Å². The number of nitrogens with zero attached hydrogens (tertiary/aromatic N) is 2. The van der Waals surface area contributed by atoms with Crippen molar-refractivity contribution in [2.45, 2.75) is 13.0 Å². The number of anilines is 1. The van der Waals surface area contributed by atoms with Crippen molar-refractivity contribution in [3.05, 3.63) is 29.8 Å². The summed E-state index contributed by atoms with van der Waals surface area (Å²) in [5.41, 5.74) is 2.00. The van der Waals surface area contributed by atoms with E-state index < -0.39 is 11.9 Å². The van der Waals surface area contributed by atoms with Gasteiger partial charge in [0.2, 0.25) is 5.91 Å². The van der Waals surface area contributed by atoms with Gasteiger partial charge in [-0.2, -0.15) is 0 Å². The Hall–Kier alpha value is -1.92. The Morgan fingerprint density at radius 3 is 2.50 bits per heavy atom. The highest BCUT2D eigenvalue weighted by molar-refractivity contribution is 5.99. The number of hydrogen-bond acceptors (Lipinski definition) is 4. The van der Waals surface area contributed by atoms with Crippen LogP contribution in [0.4, 0.5) is 5.69 Å². The van der Waals surface area contributed by atoms with E-state index in [1.54, 1.807) is 4.90 Å². The molecule has 3 rings (SSSR count). The first-order chi connectivity index (χ1) is 10.6. The molecule has 2 saturated heterocycles. The predicted molar refractivity (Wildman–Crippen MR) is 82.7 cm³/mol. The lowest BCUT2D eigenvalue weighted by atomic mass is 10.1. The highest BCUT2D eigenvalue weighted by Gasteiger charge is 2.34. The van der Waals surface area contributed by atoms with E-state index in [9.17, 15) is 9.59 Å². The Kier molecular flexibility index (Phi) is 4.40. The van der Waals surface area contributed by atoms with Crippen LogP contribution >= 0.6 is 0 Å². The molecule has 0 spiro atoms. The largest absolute Gasteiger partial charge is 0.481 e. The van der Waals surface area contributed by atoms with Crippen LogP contribution in [0.2, 0.25) is 0 Å². The summed E-state index contributed by atoms with van der Waals surface area (Å²) < 4.78 is 0. The molecule has 1 unspecified atom stereocenters. The van der Waals surface area contributed by atoms with E-state index in [4.69, 9.17) is 5.11 Å². The number of carbonyl (C=O) groups excluding carboxylic acids is 1. The molecule has 1 aromatic rings. The summed E-state index contributed by atoms with van der Waals surface area (Å²) in [6.45, 7) is 5.33. The minimum absolute atomic E-state index is 0.0951. The molecular formula is C16H21N3O3. The molecule has 2 fully saturated rings. The molecule has 6 nitrogen and oxygen atoms in total. The quantitative estimate of drug-likeness (QED) is 0.849. The first-order valence-corrected chi connectivity index (χ1v) is 7.68. The molecule has 1 atom stereocenters. The van der Waals surface area contributed by atoms with Crippen LogP contribution in [0.25, 0.3) is 0 Å². The maximum atomic E-state index is 11.9. The number of aliphatic carboxylic acids is 1. The van der Waals surface area contributed by atoms with Crippen LogP contribution in [0, 0.1) is 5.92 Å². The van der Waals surface area contributed by atoms with E-state index in [1.165, 1.54) is 5.56 Å². The van der Waals surface area contributed by atoms with Crippen molar-refractivity contribution >= 4 is 17.6 Å². The zero-order valence-electron chi connectivity index (χ0n) is 12.5. The molecule has 118 valence electrons. The highest BCUT2D eigenvalue weighted by atomic mass is 16.4. The Labute approximate surface area is 129 Å². The molecule has 2 aliphatic heterocycles. The lowest BCUT2D eigenvalue weighted by molar-refractivity contribution is -0.141. The van der Waals surface area contributed by atoms with E-state index in [1.807, 2.05) is 24.3 Å². The third kappa shape index (κ3) is 3.28. The Balaban J connectivity index is 1.64. The molecule has 22 heavy (non-hydrogen) atoms. The standard InChI is InChI=1S/C16H21N3O3/c20-15-9-13(16(21)22)11-19(15)14-3-1-12(2-4-14)10-18-7-5-17-6-8-18/h1-4,13,17H,5-11H2,(H,21,22). The van der Waals surface area contributed by atoms with Gasteiger partial charge >= 0.3 is 5.97 Å². The minimum Gasteiger partial charge on any atom is -0.481 e. The number of benzene rings is 1. The first kappa shape index (κ1) is 15.0. The van der Waals surface area contributed by atoms with Crippen LogP contribution in [0.15, 0.2) is 24.3 Å². The summed E-state index contributed by atoms with van der Waals surface area (Å²) >= 11 is 0. The van der Waals surface area contributed by atoms with Crippen LogP contribution in [0.1, 0.15) is 12.0 Å². The van der Waals surface area contributed by atoms with E-state index in [-0.39, 0.29) is 18.9 Å². The van der Waals surface area contributed by atoms with Crippen molar-refractivity contribution in [2.75, 3.05) is 37.6 Å². The smallest absolute Gasteiger partial charge is 0.308 e. The van der Waals surface area contributed by atoms with Crippen LogP contribution < -0.4 is 10.2 Å². The van der Waals surface area contributed by atoms with Gasteiger partial charge in [-0.25, -0.2) is 0 Å². The molecule has 1 aromatic carbocycles. The minimum atomic E-state index is -0.897. The van der Waals surface area contributed by atoms with Crippen LogP contribution in [0.3, 0.4) is 0 Å². The fraction of sp³-hybridized carbons (Fsp3) is 0.500. The average Bonchev–Trinajstić information content (AvgIpc) is 2.91. The predicted octanol–water partition coefficient (Wildman–Crippen LogP) is 0.529. The SMILES string of the molecule is O=C(O)C1CC(=O)N(c2ccc(CN3CCNCC3)cc2)C1. The number of nitrogens with one attached hydrogen (secondary N) is 1. The maximum Gasteiger partial charge on any atom is 0.308 e. The van der Waals surface area contributed by atoms with E-state index in [2.05, 4.69) is 10.2 Å². The van der Waals surface area contributed by atoms with Gasteiger partial charge in [0.25, 0.3) is 0 Å². The monoisotopic (exact) mass is 303 g/mol. The molecule has 1 amide bonds. The second-order valence-corrected chi connectivity index (χ2v) is 5.94. The van der Waals surface area contributed by atoms with Gasteiger partial charge in [0, 0.05) is 51.4 Å². The van der Waals surface area contributed by atoms with Crippen molar-refractivity contribution in [1.82, 2.24) is 10.2 Å². The van der Waals surface area contributed by atoms with Crippen molar-refractivity contribution < 1.29 is 14.7 Å². The number of piperazine rings is 1. The normalized spacial score (nSPS) is 23.0. The van der Waals surface area contributed by atoms with Gasteiger partial charge in [-0.3, -0.25) is 14.5 Å². The Bertz CT molecular complexity index is 552. The summed E-state index contributed by atoms with van der Waals surface area (Å²) in [4.78, 5) is 26.9. The van der Waals surface area contributed by atoms with Crippen molar-refractivity contribution in [3.8, 4) is 0 Å². The van der Waals surface area contributed by atoms with E-state index in [0.717, 1.165) is 38.4 Å². The summed E-state index contributed by atoms with van der Waals surface area (Å²) in [6.07, 6.45) is 0.0951.